The van der Waals surface area contributed by atoms with E-state index >= 15 is 0 Å². The third-order valence-electron chi connectivity index (χ3n) is 2.14. The van der Waals surface area contributed by atoms with Crippen molar-refractivity contribution in [2.24, 2.45) is 0 Å². The van der Waals surface area contributed by atoms with Crippen LogP contribution in [0.4, 0.5) is 0 Å². The summed E-state index contributed by atoms with van der Waals surface area (Å²) in [6.45, 7) is 1.64. The smallest absolute Gasteiger partial charge is 0.158 e. The Kier molecular flexibility index (Phi) is 3.77. The quantitative estimate of drug-likeness (QED) is 0.649. The Morgan fingerprint density at radius 3 is 2.53 bits per heavy atom. The van der Waals surface area contributed by atoms with E-state index in [1.807, 2.05) is 0 Å². The van der Waals surface area contributed by atoms with Gasteiger partial charge in [0.25, 0.3) is 0 Å². The van der Waals surface area contributed by atoms with E-state index < -0.39 is 24.9 Å². The molecule has 0 aromatic rings. The first-order chi connectivity index (χ1) is 6.87. The molecule has 0 aromatic carbocycles. The molecule has 88 valence electrons. The fourth-order valence-corrected chi connectivity index (χ4v) is 6.14. The van der Waals surface area contributed by atoms with Crippen molar-refractivity contribution in [3.8, 4) is 0 Å². The molecule has 1 fully saturated rings. The number of ether oxygens (including phenoxy) is 1. The van der Waals surface area contributed by atoms with E-state index in [1.54, 1.807) is 13.0 Å². The van der Waals surface area contributed by atoms with Crippen molar-refractivity contribution in [3.63, 3.8) is 0 Å². The fourth-order valence-electron chi connectivity index (χ4n) is 1.29. The highest BCUT2D eigenvalue weighted by Gasteiger charge is 2.36. The number of hydrogen-bond acceptors (Lipinski definition) is 5. The van der Waals surface area contributed by atoms with Gasteiger partial charge in [-0.2, -0.15) is 0 Å². The van der Waals surface area contributed by atoms with Crippen LogP contribution in [-0.4, -0.2) is 46.0 Å². The standard InChI is InChI=1S/C8H14O5S2/c1-2-3-13-6-8-7-14(9,10)4-5-15(8,11)12/h2-3,8H,4-7H2,1H3/b3-2+. The molecule has 0 bridgehead atoms. The highest BCUT2D eigenvalue weighted by atomic mass is 32.2. The van der Waals surface area contributed by atoms with Crippen molar-refractivity contribution in [3.05, 3.63) is 12.3 Å². The molecule has 0 N–H and O–H groups in total. The summed E-state index contributed by atoms with van der Waals surface area (Å²) in [4.78, 5) is 0. The van der Waals surface area contributed by atoms with Gasteiger partial charge < -0.3 is 4.74 Å². The molecule has 0 spiro atoms. The van der Waals surface area contributed by atoms with E-state index in [1.165, 1.54) is 6.26 Å². The van der Waals surface area contributed by atoms with Crippen LogP contribution < -0.4 is 0 Å². The zero-order chi connectivity index (χ0) is 11.5. The SMILES string of the molecule is C/C=C/OCC1CS(=O)(=O)CCS1(=O)=O. The second-order valence-electron chi connectivity index (χ2n) is 3.41. The molecule has 1 atom stereocenters. The van der Waals surface area contributed by atoms with Crippen LogP contribution in [0.3, 0.4) is 0 Å². The van der Waals surface area contributed by atoms with Gasteiger partial charge in [0, 0.05) is 0 Å². The third kappa shape index (κ3) is 3.49. The summed E-state index contributed by atoms with van der Waals surface area (Å²) in [7, 11) is -6.54. The lowest BCUT2D eigenvalue weighted by Gasteiger charge is -2.21. The van der Waals surface area contributed by atoms with E-state index in [2.05, 4.69) is 0 Å². The number of sulfone groups is 2. The van der Waals surface area contributed by atoms with Gasteiger partial charge >= 0.3 is 0 Å². The van der Waals surface area contributed by atoms with Crippen molar-refractivity contribution in [1.82, 2.24) is 0 Å². The maximum atomic E-state index is 11.5. The van der Waals surface area contributed by atoms with E-state index in [4.69, 9.17) is 4.74 Å². The monoisotopic (exact) mass is 254 g/mol. The summed E-state index contributed by atoms with van der Waals surface area (Å²) in [5.74, 6) is -0.887. The maximum Gasteiger partial charge on any atom is 0.158 e. The lowest BCUT2D eigenvalue weighted by molar-refractivity contribution is 0.250. The molecule has 0 aliphatic carbocycles. The topological polar surface area (TPSA) is 77.5 Å². The van der Waals surface area contributed by atoms with Crippen LogP contribution in [0.1, 0.15) is 6.92 Å². The van der Waals surface area contributed by atoms with Crippen LogP contribution in [0.2, 0.25) is 0 Å². The summed E-state index contributed by atoms with van der Waals surface area (Å²) in [6.07, 6.45) is 2.97. The molecule has 7 heteroatoms. The van der Waals surface area contributed by atoms with Gasteiger partial charge in [-0.05, 0) is 6.92 Å². The Morgan fingerprint density at radius 1 is 1.27 bits per heavy atom. The molecule has 1 saturated heterocycles. The average molecular weight is 254 g/mol. The molecule has 1 aliphatic rings. The summed E-state index contributed by atoms with van der Waals surface area (Å²) in [5, 5.41) is -0.924. The van der Waals surface area contributed by atoms with Crippen LogP contribution >= 0.6 is 0 Å². The van der Waals surface area contributed by atoms with Crippen LogP contribution in [0, 0.1) is 0 Å². The van der Waals surface area contributed by atoms with Gasteiger partial charge in [-0.3, -0.25) is 0 Å². The normalized spacial score (nSPS) is 29.0. The van der Waals surface area contributed by atoms with Crippen LogP contribution in [0.25, 0.3) is 0 Å². The molecular formula is C8H14O5S2. The van der Waals surface area contributed by atoms with E-state index in [0.29, 0.717) is 0 Å². The van der Waals surface area contributed by atoms with Crippen molar-refractivity contribution in [2.45, 2.75) is 12.2 Å². The molecular weight excluding hydrogens is 240 g/mol. The van der Waals surface area contributed by atoms with Crippen LogP contribution in [0.5, 0.6) is 0 Å². The lowest BCUT2D eigenvalue weighted by atomic mass is 10.5. The molecule has 0 radical (unpaired) electrons. The molecule has 5 nitrogen and oxygen atoms in total. The first-order valence-electron chi connectivity index (χ1n) is 4.52. The minimum atomic E-state index is -3.31. The van der Waals surface area contributed by atoms with Gasteiger partial charge in [-0.1, -0.05) is 6.08 Å². The first kappa shape index (κ1) is 12.5. The average Bonchev–Trinajstić information content (AvgIpc) is 2.12. The first-order valence-corrected chi connectivity index (χ1v) is 8.06. The second kappa shape index (κ2) is 4.52. The largest absolute Gasteiger partial charge is 0.500 e. The lowest BCUT2D eigenvalue weighted by Crippen LogP contribution is -2.42. The molecule has 1 heterocycles. The van der Waals surface area contributed by atoms with Crippen molar-refractivity contribution in [1.29, 1.82) is 0 Å². The molecule has 15 heavy (non-hydrogen) atoms. The zero-order valence-electron chi connectivity index (χ0n) is 8.42. The highest BCUT2D eigenvalue weighted by Crippen LogP contribution is 2.14. The molecule has 1 aliphatic heterocycles. The van der Waals surface area contributed by atoms with Crippen molar-refractivity contribution in [2.75, 3.05) is 23.9 Å². The molecule has 1 rings (SSSR count). The summed E-state index contributed by atoms with van der Waals surface area (Å²) in [5.41, 5.74) is 0. The number of allylic oxidation sites excluding steroid dienone is 1. The zero-order valence-corrected chi connectivity index (χ0v) is 10.1. The molecule has 0 saturated carbocycles. The van der Waals surface area contributed by atoms with Gasteiger partial charge in [0.05, 0.1) is 23.5 Å². The van der Waals surface area contributed by atoms with Gasteiger partial charge in [-0.15, -0.1) is 0 Å². The van der Waals surface area contributed by atoms with Gasteiger partial charge in [0.15, 0.2) is 19.7 Å². The van der Waals surface area contributed by atoms with Crippen molar-refractivity contribution >= 4 is 19.7 Å². The minimum absolute atomic E-state index is 0.0914. The third-order valence-corrected chi connectivity index (χ3v) is 6.44. The molecule has 1 unspecified atom stereocenters. The Hall–Kier alpha value is -0.560. The summed E-state index contributed by atoms with van der Waals surface area (Å²) < 4.78 is 50.4. The Morgan fingerprint density at radius 2 is 1.93 bits per heavy atom. The van der Waals surface area contributed by atoms with E-state index in [-0.39, 0.29) is 23.9 Å². The predicted molar refractivity (Wildman–Crippen MR) is 57.0 cm³/mol. The number of hydrogen-bond donors (Lipinski definition) is 0. The predicted octanol–water partition coefficient (Wildman–Crippen LogP) is -0.252. The Balaban J connectivity index is 2.74. The summed E-state index contributed by atoms with van der Waals surface area (Å²) in [6, 6.07) is 0. The molecule has 0 aromatic heterocycles. The highest BCUT2D eigenvalue weighted by molar-refractivity contribution is 7.98. The second-order valence-corrected chi connectivity index (χ2v) is 8.04. The van der Waals surface area contributed by atoms with Crippen LogP contribution in [0.15, 0.2) is 12.3 Å². The van der Waals surface area contributed by atoms with Gasteiger partial charge in [-0.25, -0.2) is 16.8 Å². The van der Waals surface area contributed by atoms with Gasteiger partial charge in [0.1, 0.15) is 11.9 Å². The van der Waals surface area contributed by atoms with Crippen molar-refractivity contribution < 1.29 is 21.6 Å². The maximum absolute atomic E-state index is 11.5. The fraction of sp³-hybridized carbons (Fsp3) is 0.750. The van der Waals surface area contributed by atoms with Crippen LogP contribution in [-0.2, 0) is 24.4 Å². The Labute approximate surface area is 90.0 Å². The van der Waals surface area contributed by atoms with E-state index in [0.717, 1.165) is 0 Å². The number of rotatable bonds is 3. The Bertz CT molecular complexity index is 432. The minimum Gasteiger partial charge on any atom is -0.500 e. The van der Waals surface area contributed by atoms with E-state index in [9.17, 15) is 16.8 Å². The molecule has 0 amide bonds. The summed E-state index contributed by atoms with van der Waals surface area (Å²) >= 11 is 0. The van der Waals surface area contributed by atoms with Gasteiger partial charge in [0.2, 0.25) is 0 Å².